The average Bonchev–Trinajstić information content (AvgIpc) is 2.22. The van der Waals surface area contributed by atoms with Gasteiger partial charge in [-0.3, -0.25) is 4.79 Å². The summed E-state index contributed by atoms with van der Waals surface area (Å²) in [4.78, 5) is 15.0. The molecule has 0 bridgehead atoms. The van der Waals surface area contributed by atoms with E-state index < -0.39 is 17.5 Å². The molecule has 2 rings (SSSR count). The van der Waals surface area contributed by atoms with Gasteiger partial charge in [0.25, 0.3) is 0 Å². The number of pyridine rings is 1. The number of nitrogens with two attached hydrogens (primary N) is 1. The van der Waals surface area contributed by atoms with Gasteiger partial charge in [0.15, 0.2) is 0 Å². The van der Waals surface area contributed by atoms with Crippen molar-refractivity contribution in [1.82, 2.24) is 4.98 Å². The Hall–Kier alpha value is -2.04. The van der Waals surface area contributed by atoms with Gasteiger partial charge in [0, 0.05) is 5.69 Å². The average molecular weight is 222 g/mol. The number of aryl methyl sites for hydroxylation is 1. The first-order chi connectivity index (χ1) is 7.50. The van der Waals surface area contributed by atoms with Crippen molar-refractivity contribution in [2.75, 3.05) is 0 Å². The molecule has 0 saturated heterocycles. The highest BCUT2D eigenvalue weighted by atomic mass is 19.1. The number of hydrogen-bond acceptors (Lipinski definition) is 2. The summed E-state index contributed by atoms with van der Waals surface area (Å²) in [6, 6.07) is 3.25. The molecule has 0 aliphatic heterocycles. The number of carbonyl (C=O) groups excluding carboxylic acids is 1. The molecule has 0 fully saturated rings. The minimum atomic E-state index is -0.806. The largest absolute Gasteiger partial charge is 0.366 e. The zero-order valence-corrected chi connectivity index (χ0v) is 8.42. The Labute approximate surface area is 89.9 Å². The van der Waals surface area contributed by atoms with E-state index in [0.29, 0.717) is 5.69 Å². The van der Waals surface area contributed by atoms with Gasteiger partial charge in [0.1, 0.15) is 17.2 Å². The lowest BCUT2D eigenvalue weighted by molar-refractivity contribution is 0.100. The molecule has 1 aromatic heterocycles. The van der Waals surface area contributed by atoms with Gasteiger partial charge in [0.05, 0.1) is 10.9 Å². The molecule has 0 unspecified atom stereocenters. The van der Waals surface area contributed by atoms with Crippen molar-refractivity contribution >= 4 is 16.8 Å². The van der Waals surface area contributed by atoms with Crippen LogP contribution in [0, 0.1) is 18.6 Å². The third-order valence-corrected chi connectivity index (χ3v) is 2.25. The zero-order chi connectivity index (χ0) is 11.9. The number of aromatic nitrogens is 1. The van der Waals surface area contributed by atoms with E-state index in [4.69, 9.17) is 5.73 Å². The molecule has 0 atom stereocenters. The van der Waals surface area contributed by atoms with Gasteiger partial charge in [-0.15, -0.1) is 0 Å². The molecule has 2 N–H and O–H groups in total. The maximum Gasteiger partial charge on any atom is 0.249 e. The Kier molecular flexibility index (Phi) is 2.30. The van der Waals surface area contributed by atoms with Crippen molar-refractivity contribution in [1.29, 1.82) is 0 Å². The van der Waals surface area contributed by atoms with Crippen LogP contribution in [0.15, 0.2) is 18.2 Å². The number of nitrogens with zero attached hydrogens (tertiary/aromatic N) is 1. The number of carbonyl (C=O) groups is 1. The number of rotatable bonds is 1. The summed E-state index contributed by atoms with van der Waals surface area (Å²) in [7, 11) is 0. The first kappa shape index (κ1) is 10.5. The van der Waals surface area contributed by atoms with Gasteiger partial charge < -0.3 is 5.73 Å². The molecule has 16 heavy (non-hydrogen) atoms. The topological polar surface area (TPSA) is 56.0 Å². The van der Waals surface area contributed by atoms with E-state index in [1.165, 1.54) is 6.07 Å². The van der Waals surface area contributed by atoms with Crippen LogP contribution in [-0.4, -0.2) is 10.9 Å². The summed E-state index contributed by atoms with van der Waals surface area (Å²) in [6.45, 7) is 1.58. The lowest BCUT2D eigenvalue weighted by Crippen LogP contribution is -2.13. The van der Waals surface area contributed by atoms with E-state index >= 15 is 0 Å². The number of fused-ring (bicyclic) bond motifs is 1. The van der Waals surface area contributed by atoms with E-state index in [1.54, 1.807) is 6.92 Å². The third kappa shape index (κ3) is 1.50. The third-order valence-electron chi connectivity index (χ3n) is 2.25. The standard InChI is InChI=1S/C11H8F2N2O/c1-5-4-6(11(14)16)9-7(12)2-3-8(13)10(9)15-5/h2-4H,1H3,(H2,14,16). The molecular formula is C11H8F2N2O. The SMILES string of the molecule is Cc1cc(C(N)=O)c2c(F)ccc(F)c2n1. The molecule has 0 aliphatic carbocycles. The number of halogens is 2. The smallest absolute Gasteiger partial charge is 0.249 e. The van der Waals surface area contributed by atoms with E-state index in [0.717, 1.165) is 12.1 Å². The van der Waals surface area contributed by atoms with Crippen molar-refractivity contribution in [2.24, 2.45) is 5.73 Å². The number of amides is 1. The second kappa shape index (κ2) is 3.52. The Morgan fingerprint density at radius 3 is 2.56 bits per heavy atom. The van der Waals surface area contributed by atoms with Crippen LogP contribution < -0.4 is 5.73 Å². The molecule has 3 nitrogen and oxygen atoms in total. The second-order valence-corrected chi connectivity index (χ2v) is 3.43. The van der Waals surface area contributed by atoms with Crippen LogP contribution in [0.2, 0.25) is 0 Å². The van der Waals surface area contributed by atoms with Gasteiger partial charge in [-0.2, -0.15) is 0 Å². The summed E-state index contributed by atoms with van der Waals surface area (Å²) in [5.41, 5.74) is 5.29. The van der Waals surface area contributed by atoms with Crippen LogP contribution in [0.1, 0.15) is 16.1 Å². The van der Waals surface area contributed by atoms with E-state index in [2.05, 4.69) is 4.98 Å². The first-order valence-electron chi connectivity index (χ1n) is 4.56. The molecule has 0 aliphatic rings. The molecule has 1 heterocycles. The number of primary amides is 1. The Balaban J connectivity index is 3.00. The monoisotopic (exact) mass is 222 g/mol. The van der Waals surface area contributed by atoms with Crippen molar-refractivity contribution in [2.45, 2.75) is 6.92 Å². The maximum absolute atomic E-state index is 13.5. The van der Waals surface area contributed by atoms with Crippen molar-refractivity contribution < 1.29 is 13.6 Å². The molecule has 0 radical (unpaired) electrons. The highest BCUT2D eigenvalue weighted by molar-refractivity contribution is 6.05. The molecule has 5 heteroatoms. The van der Waals surface area contributed by atoms with Crippen LogP contribution in [0.3, 0.4) is 0 Å². The summed E-state index contributed by atoms with van der Waals surface area (Å²) >= 11 is 0. The zero-order valence-electron chi connectivity index (χ0n) is 8.42. The van der Waals surface area contributed by atoms with E-state index in [9.17, 15) is 13.6 Å². The molecule has 1 aromatic carbocycles. The lowest BCUT2D eigenvalue weighted by Gasteiger charge is -2.06. The van der Waals surface area contributed by atoms with Gasteiger partial charge in [-0.05, 0) is 25.1 Å². The summed E-state index contributed by atoms with van der Waals surface area (Å²) in [6.07, 6.45) is 0. The molecule has 82 valence electrons. The van der Waals surface area contributed by atoms with E-state index in [1.807, 2.05) is 0 Å². The molecule has 0 spiro atoms. The van der Waals surface area contributed by atoms with Crippen molar-refractivity contribution in [3.05, 3.63) is 41.1 Å². The molecule has 1 amide bonds. The molecule has 0 saturated carbocycles. The van der Waals surface area contributed by atoms with E-state index in [-0.39, 0.29) is 16.5 Å². The first-order valence-corrected chi connectivity index (χ1v) is 4.56. The normalized spacial score (nSPS) is 10.7. The van der Waals surface area contributed by atoms with Crippen LogP contribution in [0.5, 0.6) is 0 Å². The highest BCUT2D eigenvalue weighted by Gasteiger charge is 2.15. The lowest BCUT2D eigenvalue weighted by atomic mass is 10.1. The number of benzene rings is 1. The fourth-order valence-electron chi connectivity index (χ4n) is 1.59. The summed E-state index contributed by atoms with van der Waals surface area (Å²) in [5, 5.41) is -0.168. The summed E-state index contributed by atoms with van der Waals surface area (Å²) in [5.74, 6) is -2.19. The summed E-state index contributed by atoms with van der Waals surface area (Å²) < 4.78 is 26.9. The molecule has 2 aromatic rings. The van der Waals surface area contributed by atoms with Gasteiger partial charge in [-0.25, -0.2) is 13.8 Å². The predicted octanol–water partition coefficient (Wildman–Crippen LogP) is 1.92. The van der Waals surface area contributed by atoms with Gasteiger partial charge in [0.2, 0.25) is 5.91 Å². The Morgan fingerprint density at radius 1 is 1.31 bits per heavy atom. The fraction of sp³-hybridized carbons (Fsp3) is 0.0909. The minimum Gasteiger partial charge on any atom is -0.366 e. The predicted molar refractivity (Wildman–Crippen MR) is 54.9 cm³/mol. The van der Waals surface area contributed by atoms with Gasteiger partial charge in [-0.1, -0.05) is 0 Å². The quantitative estimate of drug-likeness (QED) is 0.801. The Morgan fingerprint density at radius 2 is 1.94 bits per heavy atom. The van der Waals surface area contributed by atoms with Crippen LogP contribution in [0.4, 0.5) is 8.78 Å². The van der Waals surface area contributed by atoms with Crippen LogP contribution in [0.25, 0.3) is 10.9 Å². The minimum absolute atomic E-state index is 0.0560. The highest BCUT2D eigenvalue weighted by Crippen LogP contribution is 2.23. The van der Waals surface area contributed by atoms with Crippen molar-refractivity contribution in [3.8, 4) is 0 Å². The molecular weight excluding hydrogens is 214 g/mol. The number of hydrogen-bond donors (Lipinski definition) is 1. The van der Waals surface area contributed by atoms with Crippen LogP contribution in [-0.2, 0) is 0 Å². The van der Waals surface area contributed by atoms with Crippen LogP contribution >= 0.6 is 0 Å². The van der Waals surface area contributed by atoms with Gasteiger partial charge >= 0.3 is 0 Å². The second-order valence-electron chi connectivity index (χ2n) is 3.43. The Bertz CT molecular complexity index is 596. The van der Waals surface area contributed by atoms with Crippen molar-refractivity contribution in [3.63, 3.8) is 0 Å². The maximum atomic E-state index is 13.5. The fourth-order valence-corrected chi connectivity index (χ4v) is 1.59.